The third kappa shape index (κ3) is 6.41. The second-order valence-electron chi connectivity index (χ2n) is 3.88. The zero-order chi connectivity index (χ0) is 12.3. The highest BCUT2D eigenvalue weighted by molar-refractivity contribution is 7.98. The minimum absolute atomic E-state index is 0.138. The van der Waals surface area contributed by atoms with E-state index in [-0.39, 0.29) is 6.61 Å². The lowest BCUT2D eigenvalue weighted by atomic mass is 10.1. The molecule has 1 aromatic rings. The normalized spacial score (nSPS) is 9.76. The maximum atomic E-state index is 8.62. The van der Waals surface area contributed by atoms with Crippen molar-refractivity contribution in [1.82, 2.24) is 0 Å². The molecule has 17 heavy (non-hydrogen) atoms. The average Bonchev–Trinajstić information content (AvgIpc) is 2.37. The molecule has 1 nitrogen and oxygen atoms in total. The summed E-state index contributed by atoms with van der Waals surface area (Å²) in [6.07, 6.45) is 3.12. The Kier molecular flexibility index (Phi) is 7.62. The molecular weight excluding hydrogens is 228 g/mol. The molecule has 92 valence electrons. The van der Waals surface area contributed by atoms with E-state index < -0.39 is 0 Å². The molecule has 2 heteroatoms. The third-order valence-electron chi connectivity index (χ3n) is 2.33. The molecule has 0 aliphatic rings. The highest BCUT2D eigenvalue weighted by atomic mass is 32.2. The minimum atomic E-state index is 0.138. The van der Waals surface area contributed by atoms with Crippen molar-refractivity contribution in [1.29, 1.82) is 0 Å². The van der Waals surface area contributed by atoms with Gasteiger partial charge in [-0.25, -0.2) is 0 Å². The Morgan fingerprint density at radius 2 is 2.00 bits per heavy atom. The smallest absolute Gasteiger partial charge is 0.0540 e. The molecule has 0 radical (unpaired) electrons. The molecule has 0 bridgehead atoms. The summed E-state index contributed by atoms with van der Waals surface area (Å²) in [7, 11) is 0. The van der Waals surface area contributed by atoms with Crippen LogP contribution in [0.3, 0.4) is 0 Å². The zero-order valence-corrected chi connectivity index (χ0v) is 11.2. The van der Waals surface area contributed by atoms with E-state index in [2.05, 4.69) is 43.0 Å². The predicted molar refractivity (Wildman–Crippen MR) is 76.1 cm³/mol. The van der Waals surface area contributed by atoms with Crippen molar-refractivity contribution >= 4 is 11.8 Å². The van der Waals surface area contributed by atoms with E-state index in [4.69, 9.17) is 5.11 Å². The number of hydrogen-bond acceptors (Lipinski definition) is 2. The number of aliphatic hydroxyl groups is 1. The van der Waals surface area contributed by atoms with E-state index in [1.54, 1.807) is 0 Å². The molecule has 0 aliphatic heterocycles. The topological polar surface area (TPSA) is 20.2 Å². The summed E-state index contributed by atoms with van der Waals surface area (Å²) in [4.78, 5) is 0. The van der Waals surface area contributed by atoms with E-state index >= 15 is 0 Å². The fourth-order valence-electron chi connectivity index (χ4n) is 1.34. The van der Waals surface area contributed by atoms with Crippen molar-refractivity contribution in [3.05, 3.63) is 35.4 Å². The molecule has 0 unspecified atom stereocenters. The van der Waals surface area contributed by atoms with E-state index in [0.29, 0.717) is 6.42 Å². The summed E-state index contributed by atoms with van der Waals surface area (Å²) < 4.78 is 0. The van der Waals surface area contributed by atoms with Gasteiger partial charge in [0.05, 0.1) is 6.61 Å². The summed E-state index contributed by atoms with van der Waals surface area (Å²) in [5.74, 6) is 8.29. The lowest BCUT2D eigenvalue weighted by molar-refractivity contribution is 0.305. The molecule has 0 fully saturated rings. The van der Waals surface area contributed by atoms with Crippen LogP contribution in [0.1, 0.15) is 37.3 Å². The molecule has 0 saturated heterocycles. The maximum Gasteiger partial charge on any atom is 0.0540 e. The number of hydrogen-bond donors (Lipinski definition) is 1. The Labute approximate surface area is 109 Å². The fraction of sp³-hybridized carbons (Fsp3) is 0.467. The Balaban J connectivity index is 2.37. The van der Waals surface area contributed by atoms with Crippen LogP contribution >= 0.6 is 11.8 Å². The van der Waals surface area contributed by atoms with Crippen LogP contribution in [0.15, 0.2) is 24.3 Å². The van der Waals surface area contributed by atoms with Crippen molar-refractivity contribution in [2.75, 3.05) is 12.4 Å². The van der Waals surface area contributed by atoms with E-state index in [9.17, 15) is 0 Å². The van der Waals surface area contributed by atoms with Crippen LogP contribution in [0.5, 0.6) is 0 Å². The third-order valence-corrected chi connectivity index (χ3v) is 3.45. The monoisotopic (exact) mass is 248 g/mol. The van der Waals surface area contributed by atoms with E-state index in [1.165, 1.54) is 24.2 Å². The molecule has 0 aliphatic carbocycles. The van der Waals surface area contributed by atoms with Crippen molar-refractivity contribution in [2.45, 2.75) is 31.9 Å². The molecule has 1 N–H and O–H groups in total. The van der Waals surface area contributed by atoms with Gasteiger partial charge < -0.3 is 5.11 Å². The van der Waals surface area contributed by atoms with E-state index in [1.807, 2.05) is 11.8 Å². The lowest BCUT2D eigenvalue weighted by Crippen LogP contribution is -1.84. The van der Waals surface area contributed by atoms with Gasteiger partial charge in [0.25, 0.3) is 0 Å². The number of benzene rings is 1. The Morgan fingerprint density at radius 3 is 2.65 bits per heavy atom. The Morgan fingerprint density at radius 1 is 1.24 bits per heavy atom. The van der Waals surface area contributed by atoms with Gasteiger partial charge in [-0.2, -0.15) is 11.8 Å². The summed E-state index contributed by atoms with van der Waals surface area (Å²) in [5.41, 5.74) is 2.39. The standard InChI is InChI=1S/C15H20OS/c1-2-3-12-17-13-15-9-7-14(8-10-15)6-4-5-11-16/h7-10,16H,2-3,5,11-13H2,1H3. The van der Waals surface area contributed by atoms with Gasteiger partial charge >= 0.3 is 0 Å². The number of thioether (sulfide) groups is 1. The van der Waals surface area contributed by atoms with Crippen molar-refractivity contribution < 1.29 is 5.11 Å². The SMILES string of the molecule is CCCCSCc1ccc(C#CCCO)cc1. The van der Waals surface area contributed by atoms with Crippen molar-refractivity contribution in [3.63, 3.8) is 0 Å². The Bertz CT molecular complexity index is 359. The second-order valence-corrected chi connectivity index (χ2v) is 4.98. The van der Waals surface area contributed by atoms with Gasteiger partial charge in [-0.3, -0.25) is 0 Å². The molecular formula is C15H20OS. The Hall–Kier alpha value is -0.910. The fourth-order valence-corrected chi connectivity index (χ4v) is 2.41. The van der Waals surface area contributed by atoms with E-state index in [0.717, 1.165) is 11.3 Å². The van der Waals surface area contributed by atoms with Gasteiger partial charge in [-0.15, -0.1) is 0 Å². The largest absolute Gasteiger partial charge is 0.395 e. The van der Waals surface area contributed by atoms with Gasteiger partial charge in [0.1, 0.15) is 0 Å². The zero-order valence-electron chi connectivity index (χ0n) is 10.4. The van der Waals surface area contributed by atoms with Gasteiger partial charge in [-0.05, 0) is 29.9 Å². The quantitative estimate of drug-likeness (QED) is 0.614. The number of unbranched alkanes of at least 4 members (excludes halogenated alkanes) is 1. The first kappa shape index (κ1) is 14.2. The van der Waals surface area contributed by atoms with Crippen LogP contribution < -0.4 is 0 Å². The van der Waals surface area contributed by atoms with Crippen LogP contribution in [0.4, 0.5) is 0 Å². The summed E-state index contributed by atoms with van der Waals surface area (Å²) in [5, 5.41) is 8.62. The van der Waals surface area contributed by atoms with Crippen LogP contribution in [0.25, 0.3) is 0 Å². The first-order valence-corrected chi connectivity index (χ1v) is 7.28. The first-order valence-electron chi connectivity index (χ1n) is 6.13. The van der Waals surface area contributed by atoms with Gasteiger partial charge in [0, 0.05) is 17.7 Å². The second kappa shape index (κ2) is 9.15. The highest BCUT2D eigenvalue weighted by Gasteiger charge is 1.93. The number of aliphatic hydroxyl groups excluding tert-OH is 1. The number of rotatable bonds is 6. The van der Waals surface area contributed by atoms with Crippen molar-refractivity contribution in [3.8, 4) is 11.8 Å². The van der Waals surface area contributed by atoms with Crippen LogP contribution in [-0.4, -0.2) is 17.5 Å². The van der Waals surface area contributed by atoms with Crippen LogP contribution in [-0.2, 0) is 5.75 Å². The van der Waals surface area contributed by atoms with Crippen LogP contribution in [0, 0.1) is 11.8 Å². The average molecular weight is 248 g/mol. The predicted octanol–water partition coefficient (Wildman–Crippen LogP) is 3.45. The van der Waals surface area contributed by atoms with Gasteiger partial charge in [0.2, 0.25) is 0 Å². The molecule has 0 aromatic heterocycles. The van der Waals surface area contributed by atoms with Gasteiger partial charge in [-0.1, -0.05) is 37.3 Å². The molecule has 0 saturated carbocycles. The minimum Gasteiger partial charge on any atom is -0.395 e. The molecule has 1 aromatic carbocycles. The molecule has 0 spiro atoms. The highest BCUT2D eigenvalue weighted by Crippen LogP contribution is 2.14. The van der Waals surface area contributed by atoms with Gasteiger partial charge in [0.15, 0.2) is 0 Å². The van der Waals surface area contributed by atoms with Crippen molar-refractivity contribution in [2.24, 2.45) is 0 Å². The summed E-state index contributed by atoms with van der Waals surface area (Å²) in [6.45, 7) is 2.36. The molecule has 1 rings (SSSR count). The summed E-state index contributed by atoms with van der Waals surface area (Å²) in [6, 6.07) is 8.39. The maximum absolute atomic E-state index is 8.62. The lowest BCUT2D eigenvalue weighted by Gasteiger charge is -2.01. The summed E-state index contributed by atoms with van der Waals surface area (Å²) >= 11 is 1.99. The molecule has 0 heterocycles. The molecule has 0 atom stereocenters. The first-order chi connectivity index (χ1) is 8.36. The molecule has 0 amide bonds. The van der Waals surface area contributed by atoms with Crippen LogP contribution in [0.2, 0.25) is 0 Å².